The van der Waals surface area contributed by atoms with E-state index in [1.807, 2.05) is 62.4 Å². The monoisotopic (exact) mass is 341 g/mol. The molecule has 25 heavy (non-hydrogen) atoms. The summed E-state index contributed by atoms with van der Waals surface area (Å²) in [6.45, 7) is 4.11. The van der Waals surface area contributed by atoms with E-state index in [9.17, 15) is 14.7 Å². The molecule has 2 rings (SSSR count). The Labute approximate surface area is 147 Å². The SMILES string of the molecule is Cc1ccc(C[C@@H](NC(=O)COCc2ccccc2)C(=O)O)cc1C. The van der Waals surface area contributed by atoms with Crippen molar-refractivity contribution in [3.8, 4) is 0 Å². The van der Waals surface area contributed by atoms with Gasteiger partial charge in [-0.15, -0.1) is 0 Å². The second-order valence-electron chi connectivity index (χ2n) is 6.06. The van der Waals surface area contributed by atoms with Gasteiger partial charge in [-0.2, -0.15) is 0 Å². The molecule has 5 heteroatoms. The molecule has 0 fully saturated rings. The van der Waals surface area contributed by atoms with Crippen LogP contribution in [0.1, 0.15) is 22.3 Å². The van der Waals surface area contributed by atoms with Crippen molar-refractivity contribution in [3.05, 3.63) is 70.8 Å². The van der Waals surface area contributed by atoms with Gasteiger partial charge < -0.3 is 15.2 Å². The average Bonchev–Trinajstić information content (AvgIpc) is 2.58. The summed E-state index contributed by atoms with van der Waals surface area (Å²) in [5, 5.41) is 11.9. The standard InChI is InChI=1S/C20H23NO4/c1-14-8-9-17(10-15(14)2)11-18(20(23)24)21-19(22)13-25-12-16-6-4-3-5-7-16/h3-10,18H,11-13H2,1-2H3,(H,21,22)(H,23,24)/t18-/m1/s1. The van der Waals surface area contributed by atoms with Crippen LogP contribution in [0.5, 0.6) is 0 Å². The largest absolute Gasteiger partial charge is 0.480 e. The number of carboxylic acids is 1. The minimum absolute atomic E-state index is 0.175. The Morgan fingerprint density at radius 2 is 1.76 bits per heavy atom. The Bertz CT molecular complexity index is 728. The molecule has 0 radical (unpaired) electrons. The number of hydrogen-bond acceptors (Lipinski definition) is 3. The van der Waals surface area contributed by atoms with Crippen LogP contribution < -0.4 is 5.32 Å². The van der Waals surface area contributed by atoms with E-state index in [-0.39, 0.29) is 13.0 Å². The Morgan fingerprint density at radius 3 is 2.40 bits per heavy atom. The number of ether oxygens (including phenoxy) is 1. The first-order valence-corrected chi connectivity index (χ1v) is 8.15. The maximum Gasteiger partial charge on any atom is 0.326 e. The molecule has 1 atom stereocenters. The van der Waals surface area contributed by atoms with Gasteiger partial charge in [0.1, 0.15) is 12.6 Å². The van der Waals surface area contributed by atoms with Crippen LogP contribution >= 0.6 is 0 Å². The van der Waals surface area contributed by atoms with Crippen LogP contribution in [0.3, 0.4) is 0 Å². The van der Waals surface area contributed by atoms with Gasteiger partial charge in [-0.05, 0) is 36.1 Å². The summed E-state index contributed by atoms with van der Waals surface area (Å²) in [7, 11) is 0. The number of carboxylic acid groups (broad SMARTS) is 1. The fourth-order valence-corrected chi connectivity index (χ4v) is 2.44. The van der Waals surface area contributed by atoms with E-state index < -0.39 is 17.9 Å². The molecule has 2 N–H and O–H groups in total. The highest BCUT2D eigenvalue weighted by Crippen LogP contribution is 2.12. The number of aryl methyl sites for hydroxylation is 2. The van der Waals surface area contributed by atoms with Crippen molar-refractivity contribution in [2.75, 3.05) is 6.61 Å². The molecule has 0 saturated heterocycles. The quantitative estimate of drug-likeness (QED) is 0.774. The molecule has 1 amide bonds. The second kappa shape index (κ2) is 8.99. The van der Waals surface area contributed by atoms with Gasteiger partial charge in [0, 0.05) is 6.42 Å². The summed E-state index contributed by atoms with van der Waals surface area (Å²) < 4.78 is 5.34. The molecule has 0 bridgehead atoms. The van der Waals surface area contributed by atoms with Gasteiger partial charge in [-0.3, -0.25) is 4.79 Å². The van der Waals surface area contributed by atoms with Crippen molar-refractivity contribution in [1.82, 2.24) is 5.32 Å². The lowest BCUT2D eigenvalue weighted by atomic mass is 10.0. The zero-order valence-electron chi connectivity index (χ0n) is 14.5. The Balaban J connectivity index is 1.86. The van der Waals surface area contributed by atoms with E-state index in [1.54, 1.807) is 0 Å². The lowest BCUT2D eigenvalue weighted by molar-refractivity contribution is -0.142. The molecule has 0 saturated carbocycles. The predicted molar refractivity (Wildman–Crippen MR) is 95.3 cm³/mol. The van der Waals surface area contributed by atoms with Gasteiger partial charge in [-0.25, -0.2) is 4.79 Å². The van der Waals surface area contributed by atoms with Crippen LogP contribution in [0, 0.1) is 13.8 Å². The zero-order valence-corrected chi connectivity index (χ0v) is 14.5. The molecule has 2 aromatic carbocycles. The topological polar surface area (TPSA) is 75.6 Å². The third-order valence-corrected chi connectivity index (χ3v) is 3.99. The highest BCUT2D eigenvalue weighted by Gasteiger charge is 2.20. The van der Waals surface area contributed by atoms with Crippen LogP contribution in [0.15, 0.2) is 48.5 Å². The number of carbonyl (C=O) groups excluding carboxylic acids is 1. The van der Waals surface area contributed by atoms with Crippen LogP contribution in [-0.4, -0.2) is 29.6 Å². The van der Waals surface area contributed by atoms with E-state index in [0.717, 1.165) is 22.3 Å². The Morgan fingerprint density at radius 1 is 1.04 bits per heavy atom. The average molecular weight is 341 g/mol. The smallest absolute Gasteiger partial charge is 0.326 e. The molecule has 5 nitrogen and oxygen atoms in total. The van der Waals surface area contributed by atoms with E-state index in [0.29, 0.717) is 6.61 Å². The van der Waals surface area contributed by atoms with Gasteiger partial charge in [0.05, 0.1) is 6.61 Å². The minimum Gasteiger partial charge on any atom is -0.480 e. The predicted octanol–water partition coefficient (Wildman–Crippen LogP) is 2.63. The zero-order chi connectivity index (χ0) is 18.2. The number of nitrogens with one attached hydrogen (secondary N) is 1. The molecule has 0 aliphatic rings. The molecule has 0 aliphatic heterocycles. The Kier molecular flexibility index (Phi) is 6.71. The molecule has 0 heterocycles. The summed E-state index contributed by atoms with van der Waals surface area (Å²) in [6.07, 6.45) is 0.237. The van der Waals surface area contributed by atoms with Crippen molar-refractivity contribution in [3.63, 3.8) is 0 Å². The van der Waals surface area contributed by atoms with Gasteiger partial charge in [-0.1, -0.05) is 48.5 Å². The van der Waals surface area contributed by atoms with E-state index >= 15 is 0 Å². The van der Waals surface area contributed by atoms with Gasteiger partial charge in [0.15, 0.2) is 0 Å². The molecule has 0 spiro atoms. The third kappa shape index (κ3) is 6.04. The second-order valence-corrected chi connectivity index (χ2v) is 6.06. The summed E-state index contributed by atoms with van der Waals surface area (Å²) in [5.41, 5.74) is 4.08. The van der Waals surface area contributed by atoms with Crippen molar-refractivity contribution in [2.45, 2.75) is 32.9 Å². The molecule has 0 unspecified atom stereocenters. The van der Waals surface area contributed by atoms with E-state index in [4.69, 9.17) is 4.74 Å². The van der Waals surface area contributed by atoms with Crippen molar-refractivity contribution in [2.24, 2.45) is 0 Å². The highest BCUT2D eigenvalue weighted by molar-refractivity contribution is 5.84. The highest BCUT2D eigenvalue weighted by atomic mass is 16.5. The van der Waals surface area contributed by atoms with Crippen molar-refractivity contribution in [1.29, 1.82) is 0 Å². The first kappa shape index (κ1) is 18.7. The van der Waals surface area contributed by atoms with Crippen molar-refractivity contribution < 1.29 is 19.4 Å². The molecule has 0 aliphatic carbocycles. The number of hydrogen-bond donors (Lipinski definition) is 2. The van der Waals surface area contributed by atoms with E-state index in [1.165, 1.54) is 0 Å². The number of amides is 1. The molecule has 2 aromatic rings. The van der Waals surface area contributed by atoms with Crippen LogP contribution in [0.2, 0.25) is 0 Å². The number of aliphatic carboxylic acids is 1. The van der Waals surface area contributed by atoms with Crippen LogP contribution in [0.4, 0.5) is 0 Å². The minimum atomic E-state index is -1.06. The van der Waals surface area contributed by atoms with Gasteiger partial charge >= 0.3 is 5.97 Å². The van der Waals surface area contributed by atoms with E-state index in [2.05, 4.69) is 5.32 Å². The van der Waals surface area contributed by atoms with Crippen LogP contribution in [-0.2, 0) is 27.4 Å². The summed E-state index contributed by atoms with van der Waals surface area (Å²) >= 11 is 0. The fraction of sp³-hybridized carbons (Fsp3) is 0.300. The maximum atomic E-state index is 12.0. The Hall–Kier alpha value is -2.66. The summed E-state index contributed by atoms with van der Waals surface area (Å²) in [4.78, 5) is 23.4. The molecule has 132 valence electrons. The summed E-state index contributed by atoms with van der Waals surface area (Å²) in [5.74, 6) is -1.50. The number of carbonyl (C=O) groups is 2. The first-order valence-electron chi connectivity index (χ1n) is 8.15. The first-order chi connectivity index (χ1) is 12.0. The van der Waals surface area contributed by atoms with Gasteiger partial charge in [0.2, 0.25) is 5.91 Å². The lowest BCUT2D eigenvalue weighted by Crippen LogP contribution is -2.43. The summed E-state index contributed by atoms with van der Waals surface area (Å²) in [6, 6.07) is 14.3. The molecule has 0 aromatic heterocycles. The molecular weight excluding hydrogens is 318 g/mol. The van der Waals surface area contributed by atoms with Crippen molar-refractivity contribution >= 4 is 11.9 Å². The molecular formula is C20H23NO4. The van der Waals surface area contributed by atoms with Crippen LogP contribution in [0.25, 0.3) is 0 Å². The fourth-order valence-electron chi connectivity index (χ4n) is 2.44. The normalized spacial score (nSPS) is 11.8. The third-order valence-electron chi connectivity index (χ3n) is 3.99. The number of rotatable bonds is 8. The number of benzene rings is 2. The van der Waals surface area contributed by atoms with Gasteiger partial charge in [0.25, 0.3) is 0 Å². The maximum absolute atomic E-state index is 12.0. The lowest BCUT2D eigenvalue weighted by Gasteiger charge is -2.15.